The fourth-order valence-electron chi connectivity index (χ4n) is 1.69. The molecule has 0 aliphatic rings. The van der Waals surface area contributed by atoms with Gasteiger partial charge in [0.05, 0.1) is 0 Å². The van der Waals surface area contributed by atoms with Gasteiger partial charge in [-0.05, 0) is 36.6 Å². The van der Waals surface area contributed by atoms with Crippen LogP contribution in [0.2, 0.25) is 0 Å². The molecule has 19 heavy (non-hydrogen) atoms. The summed E-state index contributed by atoms with van der Waals surface area (Å²) in [5, 5.41) is 8.87. The maximum atomic E-state index is 8.87. The van der Waals surface area contributed by atoms with Gasteiger partial charge in [0, 0.05) is 5.69 Å². The zero-order chi connectivity index (χ0) is 13.8. The van der Waals surface area contributed by atoms with Gasteiger partial charge in [0.25, 0.3) is 0 Å². The van der Waals surface area contributed by atoms with Crippen molar-refractivity contribution in [1.29, 1.82) is 5.26 Å². The van der Waals surface area contributed by atoms with Crippen LogP contribution in [0.5, 0.6) is 11.8 Å². The lowest BCUT2D eigenvalue weighted by Gasteiger charge is -2.08. The first kappa shape index (κ1) is 13.0. The van der Waals surface area contributed by atoms with E-state index in [2.05, 4.69) is 29.9 Å². The molecule has 0 saturated carbocycles. The Labute approximate surface area is 112 Å². The zero-order valence-electron chi connectivity index (χ0n) is 11.2. The van der Waals surface area contributed by atoms with Crippen molar-refractivity contribution in [2.75, 3.05) is 0 Å². The predicted molar refractivity (Wildman–Crippen MR) is 72.1 cm³/mol. The Hall–Kier alpha value is -2.41. The molecule has 0 saturated heterocycles. The van der Waals surface area contributed by atoms with Crippen molar-refractivity contribution in [3.05, 3.63) is 47.3 Å². The molecule has 2 rings (SSSR count). The molecule has 0 fully saturated rings. The van der Waals surface area contributed by atoms with Gasteiger partial charge < -0.3 is 4.74 Å². The predicted octanol–water partition coefficient (Wildman–Crippen LogP) is 3.57. The van der Waals surface area contributed by atoms with Crippen molar-refractivity contribution >= 4 is 0 Å². The lowest BCUT2D eigenvalue weighted by atomic mass is 10.0. The van der Waals surface area contributed by atoms with E-state index in [1.807, 2.05) is 24.3 Å². The third-order valence-electron chi connectivity index (χ3n) is 2.68. The van der Waals surface area contributed by atoms with Gasteiger partial charge in [0.15, 0.2) is 0 Å². The van der Waals surface area contributed by atoms with Crippen LogP contribution in [-0.4, -0.2) is 9.97 Å². The molecule has 4 heteroatoms. The quantitative estimate of drug-likeness (QED) is 0.839. The summed E-state index contributed by atoms with van der Waals surface area (Å²) in [7, 11) is 0. The Kier molecular flexibility index (Phi) is 3.76. The molecule has 0 amide bonds. The summed E-state index contributed by atoms with van der Waals surface area (Å²) < 4.78 is 5.62. The second-order valence-corrected chi connectivity index (χ2v) is 4.62. The molecule has 0 unspecified atom stereocenters. The molecular formula is C15H15N3O. The van der Waals surface area contributed by atoms with Crippen LogP contribution in [0.4, 0.5) is 0 Å². The molecule has 0 spiro atoms. The minimum Gasteiger partial charge on any atom is -0.424 e. The van der Waals surface area contributed by atoms with Gasteiger partial charge in [-0.25, -0.2) is 4.98 Å². The molecule has 0 radical (unpaired) electrons. The summed E-state index contributed by atoms with van der Waals surface area (Å²) in [6, 6.07) is 11.6. The van der Waals surface area contributed by atoms with Crippen LogP contribution in [-0.2, 0) is 0 Å². The topological polar surface area (TPSA) is 58.8 Å². The molecule has 0 atom stereocenters. The van der Waals surface area contributed by atoms with E-state index in [1.54, 1.807) is 13.0 Å². The summed E-state index contributed by atoms with van der Waals surface area (Å²) >= 11 is 0. The van der Waals surface area contributed by atoms with Gasteiger partial charge in [0.2, 0.25) is 0 Å². The van der Waals surface area contributed by atoms with E-state index < -0.39 is 0 Å². The minimum atomic E-state index is 0.206. The average molecular weight is 253 g/mol. The fourth-order valence-corrected chi connectivity index (χ4v) is 1.69. The molecule has 0 aliphatic carbocycles. The van der Waals surface area contributed by atoms with E-state index in [0.717, 1.165) is 0 Å². The highest BCUT2D eigenvalue weighted by molar-refractivity contribution is 5.33. The molecule has 2 aromatic rings. The molecule has 0 bridgehead atoms. The van der Waals surface area contributed by atoms with Gasteiger partial charge >= 0.3 is 6.01 Å². The minimum absolute atomic E-state index is 0.206. The zero-order valence-corrected chi connectivity index (χ0v) is 11.2. The number of rotatable bonds is 3. The number of hydrogen-bond acceptors (Lipinski definition) is 4. The Morgan fingerprint density at radius 2 is 2.00 bits per heavy atom. The van der Waals surface area contributed by atoms with E-state index in [1.165, 1.54) is 5.56 Å². The third-order valence-corrected chi connectivity index (χ3v) is 2.68. The summed E-state index contributed by atoms with van der Waals surface area (Å²) in [4.78, 5) is 8.19. The number of nitriles is 1. The van der Waals surface area contributed by atoms with Crippen LogP contribution >= 0.6 is 0 Å². The largest absolute Gasteiger partial charge is 0.424 e. The van der Waals surface area contributed by atoms with Crippen LogP contribution in [0.3, 0.4) is 0 Å². The Balaban J connectivity index is 2.28. The van der Waals surface area contributed by atoms with Gasteiger partial charge in [-0.1, -0.05) is 26.0 Å². The number of aryl methyl sites for hydroxylation is 1. The lowest BCUT2D eigenvalue weighted by molar-refractivity contribution is 0.439. The van der Waals surface area contributed by atoms with E-state index >= 15 is 0 Å². The molecular weight excluding hydrogens is 238 g/mol. The van der Waals surface area contributed by atoms with E-state index in [0.29, 0.717) is 23.1 Å². The van der Waals surface area contributed by atoms with Crippen LogP contribution in [0.15, 0.2) is 30.3 Å². The number of ether oxygens (including phenoxy) is 1. The number of hydrogen-bond donors (Lipinski definition) is 0. The Morgan fingerprint density at radius 3 is 2.68 bits per heavy atom. The monoisotopic (exact) mass is 253 g/mol. The summed E-state index contributed by atoms with van der Waals surface area (Å²) in [6.07, 6.45) is 0. The van der Waals surface area contributed by atoms with E-state index in [9.17, 15) is 0 Å². The van der Waals surface area contributed by atoms with Crippen LogP contribution in [0, 0.1) is 18.3 Å². The van der Waals surface area contributed by atoms with Crippen molar-refractivity contribution in [3.63, 3.8) is 0 Å². The van der Waals surface area contributed by atoms with Gasteiger partial charge in [0.1, 0.15) is 17.5 Å². The molecule has 0 aliphatic heterocycles. The van der Waals surface area contributed by atoms with Crippen LogP contribution in [0.1, 0.15) is 36.7 Å². The maximum Gasteiger partial charge on any atom is 0.323 e. The maximum absolute atomic E-state index is 8.87. The average Bonchev–Trinajstić information content (AvgIpc) is 2.38. The van der Waals surface area contributed by atoms with E-state index in [-0.39, 0.29) is 6.01 Å². The fraction of sp³-hybridized carbons (Fsp3) is 0.267. The van der Waals surface area contributed by atoms with Gasteiger partial charge in [-0.2, -0.15) is 10.2 Å². The second-order valence-electron chi connectivity index (χ2n) is 4.62. The molecule has 1 aromatic heterocycles. The number of aromatic nitrogens is 2. The van der Waals surface area contributed by atoms with Crippen molar-refractivity contribution in [2.24, 2.45) is 0 Å². The Morgan fingerprint density at radius 1 is 1.21 bits per heavy atom. The second kappa shape index (κ2) is 5.49. The first-order valence-corrected chi connectivity index (χ1v) is 6.12. The van der Waals surface area contributed by atoms with Gasteiger partial charge in [-0.15, -0.1) is 0 Å². The molecule has 1 heterocycles. The van der Waals surface area contributed by atoms with E-state index in [4.69, 9.17) is 10.00 Å². The summed E-state index contributed by atoms with van der Waals surface area (Å²) in [5.74, 6) is 1.11. The Bertz CT molecular complexity index is 630. The lowest BCUT2D eigenvalue weighted by Crippen LogP contribution is -1.97. The first-order chi connectivity index (χ1) is 9.08. The summed E-state index contributed by atoms with van der Waals surface area (Å²) in [5.41, 5.74) is 2.20. The smallest absolute Gasteiger partial charge is 0.323 e. The number of benzene rings is 1. The molecule has 1 aromatic carbocycles. The third kappa shape index (κ3) is 3.29. The van der Waals surface area contributed by atoms with Crippen LogP contribution in [0.25, 0.3) is 0 Å². The van der Waals surface area contributed by atoms with Gasteiger partial charge in [-0.3, -0.25) is 0 Å². The van der Waals surface area contributed by atoms with Crippen molar-refractivity contribution in [3.8, 4) is 17.8 Å². The summed E-state index contributed by atoms with van der Waals surface area (Å²) in [6.45, 7) is 6.05. The normalized spacial score (nSPS) is 10.3. The SMILES string of the molecule is Cc1cc(C#N)nc(Oc2cccc(C(C)C)c2)n1. The molecule has 0 N–H and O–H groups in total. The van der Waals surface area contributed by atoms with Crippen LogP contribution < -0.4 is 4.74 Å². The standard InChI is InChI=1S/C15H15N3O/c1-10(2)12-5-4-6-14(8-12)19-15-17-11(3)7-13(9-16)18-15/h4-8,10H,1-3H3. The van der Waals surface area contributed by atoms with Crippen molar-refractivity contribution in [1.82, 2.24) is 9.97 Å². The van der Waals surface area contributed by atoms with Crippen molar-refractivity contribution in [2.45, 2.75) is 26.7 Å². The highest BCUT2D eigenvalue weighted by Crippen LogP contribution is 2.23. The molecule has 96 valence electrons. The number of nitrogens with zero attached hydrogens (tertiary/aromatic N) is 3. The van der Waals surface area contributed by atoms with Crippen molar-refractivity contribution < 1.29 is 4.74 Å². The molecule has 4 nitrogen and oxygen atoms in total. The first-order valence-electron chi connectivity index (χ1n) is 6.12. The highest BCUT2D eigenvalue weighted by atomic mass is 16.5. The highest BCUT2D eigenvalue weighted by Gasteiger charge is 2.06.